The van der Waals surface area contributed by atoms with Crippen LogP contribution in [0.25, 0.3) is 0 Å². The van der Waals surface area contributed by atoms with E-state index in [2.05, 4.69) is 38.0 Å². The van der Waals surface area contributed by atoms with E-state index in [4.69, 9.17) is 0 Å². The second-order valence-corrected chi connectivity index (χ2v) is 3.51. The minimum Gasteiger partial charge on any atom is -0.371 e. The van der Waals surface area contributed by atoms with Crippen LogP contribution in [-0.2, 0) is 0 Å². The lowest BCUT2D eigenvalue weighted by Gasteiger charge is -2.33. The van der Waals surface area contributed by atoms with Gasteiger partial charge in [-0.05, 0) is 30.9 Å². The summed E-state index contributed by atoms with van der Waals surface area (Å²) in [4.78, 5) is 2.35. The van der Waals surface area contributed by atoms with Crippen LogP contribution in [0, 0.1) is 0 Å². The van der Waals surface area contributed by atoms with Crippen LogP contribution in [0.2, 0.25) is 0 Å². The van der Waals surface area contributed by atoms with Crippen molar-refractivity contribution in [3.63, 3.8) is 0 Å². The Balaban J connectivity index is 2.65. The highest BCUT2D eigenvalue weighted by Gasteiger charge is 2.16. The molecule has 1 rings (SSSR count). The van der Waals surface area contributed by atoms with Crippen LogP contribution in [-0.4, -0.2) is 18.0 Å². The summed E-state index contributed by atoms with van der Waals surface area (Å²) in [7, 11) is 0. The number of allylic oxidation sites excluding steroid dienone is 2. The average molecular weight is 177 g/mol. The Labute approximate surface area is 81.4 Å². The van der Waals surface area contributed by atoms with Crippen molar-refractivity contribution in [2.24, 2.45) is 0 Å². The third-order valence-electron chi connectivity index (χ3n) is 2.70. The molecule has 1 heteroatoms. The lowest BCUT2D eigenvalue weighted by atomic mass is 9.99. The van der Waals surface area contributed by atoms with Crippen molar-refractivity contribution in [3.8, 4) is 0 Å². The number of piperidine rings is 1. The highest BCUT2D eigenvalue weighted by molar-refractivity contribution is 5.32. The molecule has 0 bridgehead atoms. The molecule has 0 spiro atoms. The highest BCUT2D eigenvalue weighted by Crippen LogP contribution is 2.23. The molecule has 13 heavy (non-hydrogen) atoms. The maximum atomic E-state index is 4.06. The first-order valence-electron chi connectivity index (χ1n) is 4.95. The van der Waals surface area contributed by atoms with Gasteiger partial charge in [0.1, 0.15) is 0 Å². The standard InChI is InChI=1S/C12H19N/c1-5-11(4)13-8-7-10(3)12(6-2)9-13/h6H,3-5,7-9H2,1-2H3/b12-6-. The molecule has 1 nitrogen and oxygen atoms in total. The largest absolute Gasteiger partial charge is 0.371 e. The molecule has 0 aliphatic carbocycles. The minimum absolute atomic E-state index is 1.00. The van der Waals surface area contributed by atoms with E-state index in [1.54, 1.807) is 0 Å². The van der Waals surface area contributed by atoms with Gasteiger partial charge >= 0.3 is 0 Å². The average Bonchev–Trinajstić information content (AvgIpc) is 2.17. The molecule has 0 radical (unpaired) electrons. The number of hydrogen-bond acceptors (Lipinski definition) is 1. The molecule has 1 saturated heterocycles. The van der Waals surface area contributed by atoms with Gasteiger partial charge in [0.2, 0.25) is 0 Å². The Morgan fingerprint density at radius 1 is 1.62 bits per heavy atom. The van der Waals surface area contributed by atoms with E-state index in [0.29, 0.717) is 0 Å². The first-order valence-corrected chi connectivity index (χ1v) is 4.95. The maximum absolute atomic E-state index is 4.06. The maximum Gasteiger partial charge on any atom is 0.0425 e. The van der Waals surface area contributed by atoms with E-state index in [1.807, 2.05) is 0 Å². The van der Waals surface area contributed by atoms with Gasteiger partial charge in [0.05, 0.1) is 0 Å². The quantitative estimate of drug-likeness (QED) is 0.626. The molecule has 0 aromatic heterocycles. The minimum atomic E-state index is 1.00. The summed E-state index contributed by atoms with van der Waals surface area (Å²) in [5.41, 5.74) is 3.91. The summed E-state index contributed by atoms with van der Waals surface area (Å²) in [6, 6.07) is 0. The zero-order chi connectivity index (χ0) is 9.84. The van der Waals surface area contributed by atoms with Gasteiger partial charge in [0.15, 0.2) is 0 Å². The van der Waals surface area contributed by atoms with Gasteiger partial charge in [-0.3, -0.25) is 0 Å². The first-order chi connectivity index (χ1) is 6.19. The topological polar surface area (TPSA) is 3.24 Å². The molecule has 0 atom stereocenters. The summed E-state index contributed by atoms with van der Waals surface area (Å²) in [6.07, 6.45) is 4.29. The molecule has 0 unspecified atom stereocenters. The Morgan fingerprint density at radius 2 is 2.31 bits per heavy atom. The Kier molecular flexibility index (Phi) is 3.35. The van der Waals surface area contributed by atoms with Crippen LogP contribution < -0.4 is 0 Å². The van der Waals surface area contributed by atoms with Gasteiger partial charge in [0.25, 0.3) is 0 Å². The number of likely N-dealkylation sites (tertiary alicyclic amines) is 1. The lowest BCUT2D eigenvalue weighted by Crippen LogP contribution is -2.30. The number of nitrogens with zero attached hydrogens (tertiary/aromatic N) is 1. The van der Waals surface area contributed by atoms with E-state index >= 15 is 0 Å². The van der Waals surface area contributed by atoms with Crippen molar-refractivity contribution in [1.82, 2.24) is 4.90 Å². The van der Waals surface area contributed by atoms with E-state index < -0.39 is 0 Å². The Morgan fingerprint density at radius 3 is 2.85 bits per heavy atom. The fraction of sp³-hybridized carbons (Fsp3) is 0.500. The molecule has 1 heterocycles. The van der Waals surface area contributed by atoms with Gasteiger partial charge in [-0.2, -0.15) is 0 Å². The van der Waals surface area contributed by atoms with Crippen molar-refractivity contribution in [1.29, 1.82) is 0 Å². The third-order valence-corrected chi connectivity index (χ3v) is 2.70. The van der Waals surface area contributed by atoms with Crippen molar-refractivity contribution in [3.05, 3.63) is 36.1 Å². The summed E-state index contributed by atoms with van der Waals surface area (Å²) in [5.74, 6) is 0. The zero-order valence-corrected chi connectivity index (χ0v) is 8.77. The zero-order valence-electron chi connectivity index (χ0n) is 8.77. The van der Waals surface area contributed by atoms with Gasteiger partial charge in [-0.1, -0.05) is 26.2 Å². The van der Waals surface area contributed by atoms with E-state index in [1.165, 1.54) is 16.8 Å². The molecule has 0 N–H and O–H groups in total. The van der Waals surface area contributed by atoms with E-state index in [9.17, 15) is 0 Å². The summed E-state index contributed by atoms with van der Waals surface area (Å²) >= 11 is 0. The molecular formula is C12H19N. The van der Waals surface area contributed by atoms with Gasteiger partial charge < -0.3 is 4.90 Å². The van der Waals surface area contributed by atoms with Crippen LogP contribution in [0.5, 0.6) is 0 Å². The number of rotatable bonds is 2. The van der Waals surface area contributed by atoms with E-state index in [-0.39, 0.29) is 0 Å². The van der Waals surface area contributed by atoms with Crippen LogP contribution in [0.15, 0.2) is 36.1 Å². The van der Waals surface area contributed by atoms with Gasteiger partial charge in [0, 0.05) is 18.8 Å². The smallest absolute Gasteiger partial charge is 0.0425 e. The highest BCUT2D eigenvalue weighted by atomic mass is 15.1. The summed E-state index contributed by atoms with van der Waals surface area (Å²) in [6.45, 7) is 14.4. The van der Waals surface area contributed by atoms with Crippen LogP contribution in [0.1, 0.15) is 26.7 Å². The molecule has 72 valence electrons. The van der Waals surface area contributed by atoms with Crippen LogP contribution in [0.4, 0.5) is 0 Å². The van der Waals surface area contributed by atoms with Crippen molar-refractivity contribution >= 4 is 0 Å². The molecule has 1 aliphatic heterocycles. The Hall–Kier alpha value is -0.980. The van der Waals surface area contributed by atoms with Crippen LogP contribution in [0.3, 0.4) is 0 Å². The lowest BCUT2D eigenvalue weighted by molar-refractivity contribution is 0.349. The predicted octanol–water partition coefficient (Wildman–Crippen LogP) is 3.12. The Bertz CT molecular complexity index is 248. The molecule has 0 saturated carbocycles. The second kappa shape index (κ2) is 4.31. The van der Waals surface area contributed by atoms with Crippen molar-refractivity contribution < 1.29 is 0 Å². The second-order valence-electron chi connectivity index (χ2n) is 3.51. The van der Waals surface area contributed by atoms with Gasteiger partial charge in [-0.15, -0.1) is 0 Å². The fourth-order valence-electron chi connectivity index (χ4n) is 1.62. The van der Waals surface area contributed by atoms with Gasteiger partial charge in [-0.25, -0.2) is 0 Å². The monoisotopic (exact) mass is 177 g/mol. The molecular weight excluding hydrogens is 158 g/mol. The molecule has 0 aromatic carbocycles. The summed E-state index contributed by atoms with van der Waals surface area (Å²) in [5, 5.41) is 0. The normalized spacial score (nSPS) is 20.9. The summed E-state index contributed by atoms with van der Waals surface area (Å²) < 4.78 is 0. The molecule has 1 aliphatic rings. The van der Waals surface area contributed by atoms with E-state index in [0.717, 1.165) is 25.9 Å². The first kappa shape index (κ1) is 10.1. The molecule has 0 amide bonds. The third kappa shape index (κ3) is 2.24. The van der Waals surface area contributed by atoms with Crippen LogP contribution >= 0.6 is 0 Å². The predicted molar refractivity (Wildman–Crippen MR) is 58.5 cm³/mol. The fourth-order valence-corrected chi connectivity index (χ4v) is 1.62. The number of hydrogen-bond donors (Lipinski definition) is 0. The van der Waals surface area contributed by atoms with Crippen molar-refractivity contribution in [2.75, 3.05) is 13.1 Å². The molecule has 0 aromatic rings. The SMILES string of the molecule is C=C1CCN(C(=C)CC)C/C1=C/C. The van der Waals surface area contributed by atoms with Crippen molar-refractivity contribution in [2.45, 2.75) is 26.7 Å². The molecule has 1 fully saturated rings.